The predicted octanol–water partition coefficient (Wildman–Crippen LogP) is 14.4. The number of hydrogen-bond donors (Lipinski definition) is 0. The zero-order valence-corrected chi connectivity index (χ0v) is 27.7. The van der Waals surface area contributed by atoms with Gasteiger partial charge in [-0.3, -0.25) is 0 Å². The summed E-state index contributed by atoms with van der Waals surface area (Å²) in [4.78, 5) is 0. The first kappa shape index (κ1) is 28.2. The molecule has 0 aliphatic rings. The Morgan fingerprint density at radius 1 is 0.275 bits per heavy atom. The molecule has 10 aromatic carbocycles. The first-order chi connectivity index (χ1) is 25.3. The van der Waals surface area contributed by atoms with E-state index in [9.17, 15) is 0 Å². The van der Waals surface area contributed by atoms with E-state index in [4.69, 9.17) is 4.42 Å². The van der Waals surface area contributed by atoms with E-state index in [0.29, 0.717) is 0 Å². The van der Waals surface area contributed by atoms with Crippen molar-refractivity contribution in [3.63, 3.8) is 0 Å². The third-order valence-electron chi connectivity index (χ3n) is 10.8. The second kappa shape index (κ2) is 10.9. The van der Waals surface area contributed by atoms with Crippen LogP contribution in [0, 0.1) is 0 Å². The number of hydrogen-bond acceptors (Lipinski definition) is 1. The average Bonchev–Trinajstić information content (AvgIpc) is 3.58. The van der Waals surface area contributed by atoms with Crippen molar-refractivity contribution in [2.45, 2.75) is 0 Å². The summed E-state index contributed by atoms with van der Waals surface area (Å²) in [6, 6.07) is 66.3. The highest BCUT2D eigenvalue weighted by atomic mass is 16.3. The van der Waals surface area contributed by atoms with E-state index >= 15 is 0 Å². The van der Waals surface area contributed by atoms with Crippen molar-refractivity contribution < 1.29 is 4.42 Å². The normalized spacial score (nSPS) is 11.9. The van der Waals surface area contributed by atoms with Crippen LogP contribution in [0.5, 0.6) is 0 Å². The molecule has 1 heterocycles. The van der Waals surface area contributed by atoms with Crippen molar-refractivity contribution in [1.82, 2.24) is 0 Å². The van der Waals surface area contributed by atoms with Crippen molar-refractivity contribution >= 4 is 75.8 Å². The van der Waals surface area contributed by atoms with Gasteiger partial charge in [-0.15, -0.1) is 0 Å². The lowest BCUT2D eigenvalue weighted by Gasteiger charge is -2.19. The van der Waals surface area contributed by atoms with Crippen LogP contribution in [-0.4, -0.2) is 0 Å². The van der Waals surface area contributed by atoms with E-state index in [1.807, 2.05) is 0 Å². The Balaban J connectivity index is 1.16. The van der Waals surface area contributed by atoms with Gasteiger partial charge in [-0.2, -0.15) is 0 Å². The largest absolute Gasteiger partial charge is 0.455 e. The zero-order chi connectivity index (χ0) is 33.5. The monoisotopic (exact) mass is 646 g/mol. The molecule has 0 aliphatic heterocycles. The van der Waals surface area contributed by atoms with Gasteiger partial charge in [-0.05, 0) is 106 Å². The molecule has 1 heteroatoms. The molecule has 0 saturated heterocycles. The minimum atomic E-state index is 0.909. The molecule has 0 aliphatic carbocycles. The van der Waals surface area contributed by atoms with Crippen LogP contribution in [0.1, 0.15) is 0 Å². The third kappa shape index (κ3) is 4.22. The number of benzene rings is 10. The smallest absolute Gasteiger partial charge is 0.143 e. The third-order valence-corrected chi connectivity index (χ3v) is 10.8. The predicted molar refractivity (Wildman–Crippen MR) is 218 cm³/mol. The molecule has 0 bridgehead atoms. The SMILES string of the molecule is c1ccc2cc(-c3ccc(-c4c5ccccc5c(-c5ccc6c(c5)oc5c7ccccc7ccc65)c5ccccc45)c4ccccc34)ccc2c1. The van der Waals surface area contributed by atoms with Gasteiger partial charge in [0.15, 0.2) is 0 Å². The number of furan rings is 1. The summed E-state index contributed by atoms with van der Waals surface area (Å²) in [7, 11) is 0. The summed E-state index contributed by atoms with van der Waals surface area (Å²) in [6.07, 6.45) is 0. The fourth-order valence-corrected chi connectivity index (χ4v) is 8.52. The summed E-state index contributed by atoms with van der Waals surface area (Å²) in [6.45, 7) is 0. The molecule has 0 radical (unpaired) electrons. The van der Waals surface area contributed by atoms with Gasteiger partial charge in [0.05, 0.1) is 0 Å². The van der Waals surface area contributed by atoms with Gasteiger partial charge in [0.2, 0.25) is 0 Å². The van der Waals surface area contributed by atoms with Crippen molar-refractivity contribution in [2.24, 2.45) is 0 Å². The molecule has 0 saturated carbocycles. The maximum Gasteiger partial charge on any atom is 0.143 e. The standard InChI is InChI=1S/C50H30O/c1-2-13-33-29-34(22-21-31(33)11-1)36-27-28-45(39-16-6-5-15-38(36)39)49-43-19-9-7-17-41(43)48(42-18-8-10-20-44(42)49)35-24-25-40-46-26-23-32-12-3-4-14-37(32)50(46)51-47(40)30-35/h1-30H. The summed E-state index contributed by atoms with van der Waals surface area (Å²) in [5.74, 6) is 0. The Morgan fingerprint density at radius 2 is 0.784 bits per heavy atom. The van der Waals surface area contributed by atoms with E-state index < -0.39 is 0 Å². The Morgan fingerprint density at radius 3 is 1.51 bits per heavy atom. The molecule has 236 valence electrons. The van der Waals surface area contributed by atoms with Gasteiger partial charge in [0.25, 0.3) is 0 Å². The van der Waals surface area contributed by atoms with Gasteiger partial charge < -0.3 is 4.42 Å². The molecule has 1 nitrogen and oxygen atoms in total. The van der Waals surface area contributed by atoms with Crippen LogP contribution in [-0.2, 0) is 0 Å². The van der Waals surface area contributed by atoms with E-state index in [-0.39, 0.29) is 0 Å². The molecular weight excluding hydrogens is 617 g/mol. The first-order valence-electron chi connectivity index (χ1n) is 17.6. The lowest BCUT2D eigenvalue weighted by atomic mass is 9.83. The lowest BCUT2D eigenvalue weighted by molar-refractivity contribution is 0.673. The van der Waals surface area contributed by atoms with E-state index in [2.05, 4.69) is 182 Å². The maximum atomic E-state index is 6.66. The van der Waals surface area contributed by atoms with Gasteiger partial charge in [0.1, 0.15) is 11.2 Å². The van der Waals surface area contributed by atoms with Gasteiger partial charge >= 0.3 is 0 Å². The molecule has 11 aromatic rings. The van der Waals surface area contributed by atoms with E-state index in [1.54, 1.807) is 0 Å². The number of fused-ring (bicyclic) bond motifs is 9. The van der Waals surface area contributed by atoms with Crippen molar-refractivity contribution in [3.05, 3.63) is 182 Å². The van der Waals surface area contributed by atoms with Crippen molar-refractivity contribution in [3.8, 4) is 33.4 Å². The van der Waals surface area contributed by atoms with Crippen molar-refractivity contribution in [1.29, 1.82) is 0 Å². The minimum Gasteiger partial charge on any atom is -0.455 e. The van der Waals surface area contributed by atoms with Crippen LogP contribution in [0.2, 0.25) is 0 Å². The molecular formula is C50H30O. The second-order valence-electron chi connectivity index (χ2n) is 13.6. The zero-order valence-electron chi connectivity index (χ0n) is 27.7. The molecule has 1 aromatic heterocycles. The second-order valence-corrected chi connectivity index (χ2v) is 13.6. The Bertz CT molecular complexity index is 3140. The molecule has 51 heavy (non-hydrogen) atoms. The van der Waals surface area contributed by atoms with Crippen LogP contribution < -0.4 is 0 Å². The van der Waals surface area contributed by atoms with Crippen LogP contribution in [0.15, 0.2) is 186 Å². The van der Waals surface area contributed by atoms with Gasteiger partial charge in [0, 0.05) is 16.2 Å². The number of rotatable bonds is 3. The quantitative estimate of drug-likeness (QED) is 0.174. The summed E-state index contributed by atoms with van der Waals surface area (Å²) in [5, 5.41) is 14.6. The van der Waals surface area contributed by atoms with Crippen LogP contribution in [0.3, 0.4) is 0 Å². The van der Waals surface area contributed by atoms with Gasteiger partial charge in [-0.25, -0.2) is 0 Å². The molecule has 0 fully saturated rings. The summed E-state index contributed by atoms with van der Waals surface area (Å²) in [5.41, 5.74) is 9.23. The molecule has 0 amide bonds. The molecule has 11 rings (SSSR count). The van der Waals surface area contributed by atoms with Crippen LogP contribution in [0.4, 0.5) is 0 Å². The Hall–Kier alpha value is -6.70. The van der Waals surface area contributed by atoms with E-state index in [0.717, 1.165) is 32.9 Å². The molecule has 0 atom stereocenters. The fraction of sp³-hybridized carbons (Fsp3) is 0. The molecule has 0 N–H and O–H groups in total. The highest BCUT2D eigenvalue weighted by Gasteiger charge is 2.20. The summed E-state index contributed by atoms with van der Waals surface area (Å²) >= 11 is 0. The van der Waals surface area contributed by atoms with Crippen molar-refractivity contribution in [2.75, 3.05) is 0 Å². The molecule has 0 spiro atoms. The Kier molecular flexibility index (Phi) is 6.02. The van der Waals surface area contributed by atoms with Gasteiger partial charge in [-0.1, -0.05) is 158 Å². The molecule has 0 unspecified atom stereocenters. The van der Waals surface area contributed by atoms with Crippen LogP contribution in [0.25, 0.3) is 109 Å². The Labute approximate surface area is 294 Å². The highest BCUT2D eigenvalue weighted by Crippen LogP contribution is 2.47. The fourth-order valence-electron chi connectivity index (χ4n) is 8.52. The topological polar surface area (TPSA) is 13.1 Å². The average molecular weight is 647 g/mol. The lowest BCUT2D eigenvalue weighted by Crippen LogP contribution is -1.92. The van der Waals surface area contributed by atoms with E-state index in [1.165, 1.54) is 76.3 Å². The highest BCUT2D eigenvalue weighted by molar-refractivity contribution is 6.25. The van der Waals surface area contributed by atoms with Crippen LogP contribution >= 0.6 is 0 Å². The first-order valence-corrected chi connectivity index (χ1v) is 17.6. The maximum absolute atomic E-state index is 6.66. The minimum absolute atomic E-state index is 0.909. The summed E-state index contributed by atoms with van der Waals surface area (Å²) < 4.78 is 6.66.